The Morgan fingerprint density at radius 3 is 2.12 bits per heavy atom. The highest BCUT2D eigenvalue weighted by Crippen LogP contribution is 2.44. The lowest BCUT2D eigenvalue weighted by Gasteiger charge is -2.40. The van der Waals surface area contributed by atoms with Crippen molar-refractivity contribution in [3.05, 3.63) is 83.6 Å². The monoisotopic (exact) mass is 579 g/mol. The summed E-state index contributed by atoms with van der Waals surface area (Å²) in [5.41, 5.74) is 12.8. The van der Waals surface area contributed by atoms with E-state index in [9.17, 15) is 9.59 Å². The zero-order chi connectivity index (χ0) is 31.0. The number of amides is 1. The van der Waals surface area contributed by atoms with Crippen LogP contribution in [0, 0.1) is 5.41 Å². The van der Waals surface area contributed by atoms with Crippen LogP contribution in [0.1, 0.15) is 50.7 Å². The SMILES string of the molecule is C/C=C(\OC(=O)N(C)CCCNN[C@H](C=O)CCCNC(=N)N)C(CC(C)N(C)C)(c1ccccc1)c1ccccc1. The Bertz CT molecular complexity index is 1090. The fourth-order valence-corrected chi connectivity index (χ4v) is 4.84. The van der Waals surface area contributed by atoms with E-state index in [1.807, 2.05) is 49.4 Å². The van der Waals surface area contributed by atoms with Gasteiger partial charge in [-0.25, -0.2) is 10.2 Å². The molecule has 0 bridgehead atoms. The standard InChI is InChI=1S/C32H49N7O3/c1-6-29(42-31(41)39(5)22-14-21-36-37-28(24-40)19-13-20-35-30(33)34)32(23-25(2)38(3)4,26-15-9-7-10-16-26)27-17-11-8-12-18-27/h6-12,15-18,24-25,28,36-37H,13-14,19-23H2,1-5H3,(H4,33,34,35)/b29-6-/t25?,28-/m0/s1. The number of nitrogens with two attached hydrogens (primary N) is 1. The van der Waals surface area contributed by atoms with Crippen molar-refractivity contribution in [3.8, 4) is 0 Å². The van der Waals surface area contributed by atoms with Gasteiger partial charge in [0.1, 0.15) is 12.0 Å². The molecule has 2 atom stereocenters. The van der Waals surface area contributed by atoms with Crippen molar-refractivity contribution >= 4 is 18.3 Å². The first-order valence-corrected chi connectivity index (χ1v) is 14.5. The number of carbonyl (C=O) groups excluding carboxylic acids is 2. The van der Waals surface area contributed by atoms with Gasteiger partial charge in [-0.3, -0.25) is 10.8 Å². The average Bonchev–Trinajstić information content (AvgIpc) is 2.99. The molecule has 0 spiro atoms. The van der Waals surface area contributed by atoms with Crippen molar-refractivity contribution in [2.45, 2.75) is 57.0 Å². The van der Waals surface area contributed by atoms with E-state index in [0.717, 1.165) is 17.4 Å². The minimum atomic E-state index is -0.674. The summed E-state index contributed by atoms with van der Waals surface area (Å²) in [7, 11) is 5.85. The van der Waals surface area contributed by atoms with Gasteiger partial charge in [0.05, 0.1) is 11.5 Å². The first-order valence-electron chi connectivity index (χ1n) is 14.5. The molecule has 0 aliphatic heterocycles. The molecular weight excluding hydrogens is 530 g/mol. The molecule has 10 nitrogen and oxygen atoms in total. The molecule has 230 valence electrons. The third kappa shape index (κ3) is 10.3. The highest BCUT2D eigenvalue weighted by Gasteiger charge is 2.42. The summed E-state index contributed by atoms with van der Waals surface area (Å²) in [5, 5.41) is 9.90. The lowest BCUT2D eigenvalue weighted by Crippen LogP contribution is -2.43. The maximum Gasteiger partial charge on any atom is 0.414 e. The third-order valence-electron chi connectivity index (χ3n) is 7.46. The van der Waals surface area contributed by atoms with Gasteiger partial charge in [-0.2, -0.15) is 0 Å². The van der Waals surface area contributed by atoms with Gasteiger partial charge in [-0.05, 0) is 70.8 Å². The Labute approximate surface area is 251 Å². The fourth-order valence-electron chi connectivity index (χ4n) is 4.84. The van der Waals surface area contributed by atoms with Gasteiger partial charge in [0.25, 0.3) is 0 Å². The number of aldehydes is 1. The lowest BCUT2D eigenvalue weighted by atomic mass is 9.68. The predicted octanol–water partition coefficient (Wildman–Crippen LogP) is 3.60. The molecular formula is C32H49N7O3. The maximum atomic E-state index is 13.4. The number of hydrogen-bond donors (Lipinski definition) is 5. The molecule has 10 heteroatoms. The summed E-state index contributed by atoms with van der Waals surface area (Å²) in [4.78, 5) is 28.5. The summed E-state index contributed by atoms with van der Waals surface area (Å²) >= 11 is 0. The van der Waals surface area contributed by atoms with Crippen LogP contribution < -0.4 is 21.9 Å². The number of hydrogen-bond acceptors (Lipinski definition) is 7. The van der Waals surface area contributed by atoms with Crippen LogP contribution in [0.4, 0.5) is 4.79 Å². The van der Waals surface area contributed by atoms with Crippen LogP contribution in [0.5, 0.6) is 0 Å². The molecule has 1 amide bonds. The van der Waals surface area contributed by atoms with E-state index < -0.39 is 11.5 Å². The van der Waals surface area contributed by atoms with Crippen molar-refractivity contribution < 1.29 is 14.3 Å². The molecule has 2 rings (SSSR count). The quantitative estimate of drug-likeness (QED) is 0.0452. The Hall–Kier alpha value is -3.73. The van der Waals surface area contributed by atoms with E-state index in [1.165, 1.54) is 0 Å². The Morgan fingerprint density at radius 1 is 1.02 bits per heavy atom. The van der Waals surface area contributed by atoms with Gasteiger partial charge in [0.15, 0.2) is 5.96 Å². The molecule has 0 radical (unpaired) electrons. The minimum Gasteiger partial charge on any atom is -0.414 e. The van der Waals surface area contributed by atoms with Gasteiger partial charge in [-0.15, -0.1) is 0 Å². The van der Waals surface area contributed by atoms with Crippen LogP contribution >= 0.6 is 0 Å². The van der Waals surface area contributed by atoms with Gasteiger partial charge < -0.3 is 30.4 Å². The second-order valence-electron chi connectivity index (χ2n) is 10.7. The van der Waals surface area contributed by atoms with E-state index in [1.54, 1.807) is 11.9 Å². The van der Waals surface area contributed by atoms with E-state index in [2.05, 4.69) is 66.4 Å². The molecule has 6 N–H and O–H groups in total. The summed E-state index contributed by atoms with van der Waals surface area (Å²) in [6, 6.07) is 20.3. The summed E-state index contributed by atoms with van der Waals surface area (Å²) in [6.45, 7) is 5.66. The van der Waals surface area contributed by atoms with Crippen molar-refractivity contribution in [1.82, 2.24) is 26.0 Å². The smallest absolute Gasteiger partial charge is 0.414 e. The van der Waals surface area contributed by atoms with Crippen LogP contribution in [0.2, 0.25) is 0 Å². The molecule has 0 aromatic heterocycles. The number of benzene rings is 2. The molecule has 1 unspecified atom stereocenters. The van der Waals surface area contributed by atoms with E-state index in [-0.39, 0.29) is 18.0 Å². The first-order chi connectivity index (χ1) is 20.1. The molecule has 42 heavy (non-hydrogen) atoms. The van der Waals surface area contributed by atoms with Crippen LogP contribution in [0.3, 0.4) is 0 Å². The largest absolute Gasteiger partial charge is 0.414 e. The second-order valence-corrected chi connectivity index (χ2v) is 10.7. The van der Waals surface area contributed by atoms with Crippen LogP contribution in [0.15, 0.2) is 72.5 Å². The summed E-state index contributed by atoms with van der Waals surface area (Å²) < 4.78 is 6.22. The van der Waals surface area contributed by atoms with Gasteiger partial charge >= 0.3 is 6.09 Å². The van der Waals surface area contributed by atoms with Crippen LogP contribution in [-0.4, -0.2) is 81.0 Å². The molecule has 0 aliphatic carbocycles. The normalized spacial score (nSPS) is 13.3. The summed E-state index contributed by atoms with van der Waals surface area (Å²) in [5.74, 6) is 0.514. The first kappa shape index (κ1) is 34.5. The minimum absolute atomic E-state index is 0.0816. The number of nitrogens with one attached hydrogen (secondary N) is 4. The highest BCUT2D eigenvalue weighted by molar-refractivity contribution is 5.74. The number of carbonyl (C=O) groups is 2. The summed E-state index contributed by atoms with van der Waals surface area (Å²) in [6.07, 6.45) is 5.00. The van der Waals surface area contributed by atoms with E-state index in [4.69, 9.17) is 15.9 Å². The number of nitrogens with zero attached hydrogens (tertiary/aromatic N) is 2. The second kappa shape index (κ2) is 17.9. The maximum absolute atomic E-state index is 13.4. The van der Waals surface area contributed by atoms with Gasteiger partial charge in [0, 0.05) is 32.7 Å². The molecule has 2 aromatic rings. The van der Waals surface area contributed by atoms with Crippen LogP contribution in [0.25, 0.3) is 0 Å². The third-order valence-corrected chi connectivity index (χ3v) is 7.46. The average molecular weight is 580 g/mol. The number of allylic oxidation sites excluding steroid dienone is 2. The Morgan fingerprint density at radius 2 is 1.62 bits per heavy atom. The molecule has 0 saturated carbocycles. The molecule has 2 aromatic carbocycles. The number of guanidine groups is 1. The lowest BCUT2D eigenvalue weighted by molar-refractivity contribution is -0.110. The number of rotatable bonds is 18. The molecule has 0 saturated heterocycles. The highest BCUT2D eigenvalue weighted by atomic mass is 16.6. The number of hydrazine groups is 1. The van der Waals surface area contributed by atoms with Crippen LogP contribution in [-0.2, 0) is 14.9 Å². The molecule has 0 aliphatic rings. The Balaban J connectivity index is 2.09. The Kier molecular flexibility index (Phi) is 14.7. The van der Waals surface area contributed by atoms with Crippen molar-refractivity contribution in [2.24, 2.45) is 5.73 Å². The van der Waals surface area contributed by atoms with Gasteiger partial charge in [-0.1, -0.05) is 60.7 Å². The van der Waals surface area contributed by atoms with Gasteiger partial charge in [0.2, 0.25) is 0 Å². The zero-order valence-electron chi connectivity index (χ0n) is 25.7. The predicted molar refractivity (Wildman–Crippen MR) is 169 cm³/mol. The zero-order valence-corrected chi connectivity index (χ0v) is 25.7. The van der Waals surface area contributed by atoms with Crippen molar-refractivity contribution in [2.75, 3.05) is 40.8 Å². The molecule has 0 heterocycles. The van der Waals surface area contributed by atoms with E-state index >= 15 is 0 Å². The number of ether oxygens (including phenoxy) is 1. The molecule has 0 fully saturated rings. The fraction of sp³-hybridized carbons (Fsp3) is 0.469. The van der Waals surface area contributed by atoms with Crippen molar-refractivity contribution in [1.29, 1.82) is 5.41 Å². The van der Waals surface area contributed by atoms with E-state index in [0.29, 0.717) is 51.1 Å². The van der Waals surface area contributed by atoms with Crippen molar-refractivity contribution in [3.63, 3.8) is 0 Å². The topological polar surface area (TPSA) is 136 Å².